The van der Waals surface area contributed by atoms with E-state index >= 15 is 0 Å². The second kappa shape index (κ2) is 15.7. The van der Waals surface area contributed by atoms with Crippen molar-refractivity contribution in [3.8, 4) is 0 Å². The van der Waals surface area contributed by atoms with Crippen LogP contribution in [-0.4, -0.2) is 43.6 Å². The highest BCUT2D eigenvalue weighted by Gasteiger charge is 1.99. The van der Waals surface area contributed by atoms with Gasteiger partial charge in [-0.2, -0.15) is 0 Å². The maximum atomic E-state index is 11.5. The van der Waals surface area contributed by atoms with Crippen LogP contribution in [0.25, 0.3) is 0 Å². The molecule has 122 valence electrons. The summed E-state index contributed by atoms with van der Waals surface area (Å²) in [6.07, 6.45) is 7.38. The lowest BCUT2D eigenvalue weighted by Crippen LogP contribution is -2.24. The van der Waals surface area contributed by atoms with Crippen LogP contribution in [0, 0.1) is 0 Å². The minimum atomic E-state index is -0.166. The van der Waals surface area contributed by atoms with E-state index in [1.165, 1.54) is 7.11 Å². The highest BCUT2D eigenvalue weighted by Crippen LogP contribution is 2.18. The maximum absolute atomic E-state index is 11.5. The van der Waals surface area contributed by atoms with Crippen LogP contribution in [0.5, 0.6) is 0 Å². The van der Waals surface area contributed by atoms with E-state index in [0.717, 1.165) is 30.8 Å². The summed E-state index contributed by atoms with van der Waals surface area (Å²) in [4.78, 5) is 22.4. The van der Waals surface area contributed by atoms with Crippen LogP contribution in [0.1, 0.15) is 32.1 Å². The Kier molecular flexibility index (Phi) is 15.2. The Morgan fingerprint density at radius 2 is 1.95 bits per heavy atom. The molecule has 7 heteroatoms. The zero-order chi connectivity index (χ0) is 15.8. The molecule has 0 spiro atoms. The number of allylic oxidation sites excluding steroid dienone is 1. The van der Waals surface area contributed by atoms with E-state index in [2.05, 4.69) is 10.1 Å². The second-order valence-electron chi connectivity index (χ2n) is 4.28. The molecule has 0 bridgehead atoms. The van der Waals surface area contributed by atoms with Gasteiger partial charge in [-0.15, -0.1) is 0 Å². The molecule has 0 aliphatic carbocycles. The number of nitrogens with two attached hydrogens (primary N) is 1. The predicted molar refractivity (Wildman–Crippen MR) is 91.2 cm³/mol. The van der Waals surface area contributed by atoms with Gasteiger partial charge in [-0.3, -0.25) is 9.59 Å². The molecule has 0 aliphatic heterocycles. The third kappa shape index (κ3) is 15.5. The summed E-state index contributed by atoms with van der Waals surface area (Å²) >= 11 is 0. The quantitative estimate of drug-likeness (QED) is 0.232. The summed E-state index contributed by atoms with van der Waals surface area (Å²) in [6.45, 7) is 1.38. The first-order chi connectivity index (χ1) is 10.2. The normalized spacial score (nSPS) is 10.8. The Bertz CT molecular complexity index is 313. The standard InChI is InChI=1S/C14H26N2O3S2/c1-19-14(18)8-6-4-2-3-5-7-13(17)16-10-12-21-20-11-9-15/h3,5H,2,4,6-12,15H2,1H3,(H,16,17). The van der Waals surface area contributed by atoms with Crippen molar-refractivity contribution >= 4 is 33.5 Å². The van der Waals surface area contributed by atoms with Crippen LogP contribution in [0.3, 0.4) is 0 Å². The fourth-order valence-electron chi connectivity index (χ4n) is 1.41. The van der Waals surface area contributed by atoms with Gasteiger partial charge in [0, 0.05) is 37.4 Å². The lowest BCUT2D eigenvalue weighted by Gasteiger charge is -2.02. The largest absolute Gasteiger partial charge is 0.469 e. The van der Waals surface area contributed by atoms with Crippen molar-refractivity contribution in [3.63, 3.8) is 0 Å². The summed E-state index contributed by atoms with van der Waals surface area (Å²) in [5.74, 6) is 1.72. The van der Waals surface area contributed by atoms with E-state index in [0.29, 0.717) is 25.9 Å². The van der Waals surface area contributed by atoms with Crippen LogP contribution in [-0.2, 0) is 14.3 Å². The van der Waals surface area contributed by atoms with Gasteiger partial charge in [0.15, 0.2) is 0 Å². The van der Waals surface area contributed by atoms with Crippen molar-refractivity contribution in [1.82, 2.24) is 5.32 Å². The fourth-order valence-corrected chi connectivity index (χ4v) is 3.18. The van der Waals surface area contributed by atoms with E-state index in [-0.39, 0.29) is 11.9 Å². The van der Waals surface area contributed by atoms with Gasteiger partial charge in [0.1, 0.15) is 0 Å². The summed E-state index contributed by atoms with van der Waals surface area (Å²) in [5, 5.41) is 2.87. The molecule has 0 saturated carbocycles. The van der Waals surface area contributed by atoms with Crippen LogP contribution < -0.4 is 11.1 Å². The molecule has 0 atom stereocenters. The first-order valence-corrected chi connectivity index (χ1v) is 9.62. The average molecular weight is 335 g/mol. The number of amides is 1. The molecule has 0 aromatic carbocycles. The van der Waals surface area contributed by atoms with Crippen molar-refractivity contribution in [2.24, 2.45) is 5.73 Å². The molecule has 3 N–H and O–H groups in total. The van der Waals surface area contributed by atoms with Crippen LogP contribution in [0.15, 0.2) is 12.2 Å². The molecule has 0 saturated heterocycles. The lowest BCUT2D eigenvalue weighted by atomic mass is 10.2. The number of rotatable bonds is 13. The monoisotopic (exact) mass is 334 g/mol. The molecule has 0 fully saturated rings. The summed E-state index contributed by atoms with van der Waals surface area (Å²) in [5.41, 5.74) is 5.38. The predicted octanol–water partition coefficient (Wildman–Crippen LogP) is 2.12. The van der Waals surface area contributed by atoms with Crippen LogP contribution >= 0.6 is 21.6 Å². The van der Waals surface area contributed by atoms with E-state index in [4.69, 9.17) is 5.73 Å². The molecule has 0 aliphatic rings. The van der Waals surface area contributed by atoms with Crippen LogP contribution in [0.2, 0.25) is 0 Å². The number of ether oxygens (including phenoxy) is 1. The van der Waals surface area contributed by atoms with E-state index in [9.17, 15) is 9.59 Å². The number of methoxy groups -OCH3 is 1. The van der Waals surface area contributed by atoms with Gasteiger partial charge < -0.3 is 15.8 Å². The Balaban J connectivity index is 3.35. The third-order valence-electron chi connectivity index (χ3n) is 2.49. The van der Waals surface area contributed by atoms with Gasteiger partial charge >= 0.3 is 5.97 Å². The minimum absolute atomic E-state index is 0.0465. The first-order valence-electron chi connectivity index (χ1n) is 7.13. The number of nitrogens with one attached hydrogen (secondary N) is 1. The Morgan fingerprint density at radius 1 is 1.19 bits per heavy atom. The van der Waals surface area contributed by atoms with Gasteiger partial charge in [-0.1, -0.05) is 33.7 Å². The van der Waals surface area contributed by atoms with Gasteiger partial charge in [0.2, 0.25) is 5.91 Å². The number of carbonyl (C=O) groups excluding carboxylic acids is 2. The van der Waals surface area contributed by atoms with Gasteiger partial charge in [0.25, 0.3) is 0 Å². The fraction of sp³-hybridized carbons (Fsp3) is 0.714. The lowest BCUT2D eigenvalue weighted by molar-refractivity contribution is -0.140. The van der Waals surface area contributed by atoms with Crippen molar-refractivity contribution in [1.29, 1.82) is 0 Å². The third-order valence-corrected chi connectivity index (χ3v) is 4.93. The number of esters is 1. The maximum Gasteiger partial charge on any atom is 0.305 e. The van der Waals surface area contributed by atoms with Crippen molar-refractivity contribution in [3.05, 3.63) is 12.2 Å². The summed E-state index contributed by atoms with van der Waals surface area (Å²) < 4.78 is 4.56. The van der Waals surface area contributed by atoms with Gasteiger partial charge in [-0.05, 0) is 19.3 Å². The Morgan fingerprint density at radius 3 is 2.67 bits per heavy atom. The highest BCUT2D eigenvalue weighted by molar-refractivity contribution is 8.76. The summed E-state index contributed by atoms with van der Waals surface area (Å²) in [7, 11) is 4.86. The van der Waals surface area contributed by atoms with E-state index in [1.54, 1.807) is 21.6 Å². The minimum Gasteiger partial charge on any atom is -0.469 e. The topological polar surface area (TPSA) is 81.4 Å². The number of carbonyl (C=O) groups is 2. The van der Waals surface area contributed by atoms with Gasteiger partial charge in [0.05, 0.1) is 7.11 Å². The molecule has 0 heterocycles. The molecule has 0 aromatic rings. The van der Waals surface area contributed by atoms with Crippen molar-refractivity contribution in [2.75, 3.05) is 31.7 Å². The molecular formula is C14H26N2O3S2. The van der Waals surface area contributed by atoms with Crippen molar-refractivity contribution in [2.45, 2.75) is 32.1 Å². The summed E-state index contributed by atoms with van der Waals surface area (Å²) in [6, 6.07) is 0. The zero-order valence-corrected chi connectivity index (χ0v) is 14.3. The molecular weight excluding hydrogens is 308 g/mol. The molecule has 0 radical (unpaired) electrons. The number of unbranched alkanes of at least 4 members (excludes halogenated alkanes) is 2. The van der Waals surface area contributed by atoms with Crippen LogP contribution in [0.4, 0.5) is 0 Å². The molecule has 0 unspecified atom stereocenters. The molecule has 0 aromatic heterocycles. The zero-order valence-electron chi connectivity index (χ0n) is 12.6. The Hall–Kier alpha value is -0.660. The highest BCUT2D eigenvalue weighted by atomic mass is 33.1. The van der Waals surface area contributed by atoms with Gasteiger partial charge in [-0.25, -0.2) is 0 Å². The second-order valence-corrected chi connectivity index (χ2v) is 6.98. The molecule has 1 amide bonds. The number of hydrogen-bond donors (Lipinski definition) is 2. The molecule has 0 rings (SSSR count). The van der Waals surface area contributed by atoms with Crippen molar-refractivity contribution < 1.29 is 14.3 Å². The Labute approximate surface area is 135 Å². The van der Waals surface area contributed by atoms with E-state index < -0.39 is 0 Å². The average Bonchev–Trinajstić information content (AvgIpc) is 2.49. The van der Waals surface area contributed by atoms with E-state index in [1.807, 2.05) is 12.2 Å². The smallest absolute Gasteiger partial charge is 0.305 e. The molecule has 5 nitrogen and oxygen atoms in total. The first kappa shape index (κ1) is 20.3. The number of hydrogen-bond acceptors (Lipinski definition) is 6. The SMILES string of the molecule is COC(=O)CCCCC=CCC(=O)NCCSSCCN. The molecule has 21 heavy (non-hydrogen) atoms.